The minimum absolute atomic E-state index is 0.199. The van der Waals surface area contributed by atoms with Gasteiger partial charge in [0.2, 0.25) is 0 Å². The zero-order valence-electron chi connectivity index (χ0n) is 9.30. The molecule has 0 aromatic carbocycles. The van der Waals surface area contributed by atoms with E-state index in [1.807, 2.05) is 0 Å². The molecule has 0 aliphatic rings. The smallest absolute Gasteiger partial charge is 0.264 e. The number of alkyl halides is 4. The van der Waals surface area contributed by atoms with Crippen LogP contribution in [0.4, 0.5) is 0 Å². The number of carbonyl (C=O) groups is 1. The minimum atomic E-state index is -0.334. The molecule has 108 valence electrons. The Bertz CT molecular complexity index is 588. The average molecular weight is 664 g/mol. The third kappa shape index (κ3) is 3.71. The summed E-state index contributed by atoms with van der Waals surface area (Å²) in [6.07, 6.45) is 0. The predicted molar refractivity (Wildman–Crippen MR) is 97.4 cm³/mol. The van der Waals surface area contributed by atoms with Gasteiger partial charge >= 0.3 is 0 Å². The fourth-order valence-corrected chi connectivity index (χ4v) is 3.71. The average Bonchev–Trinajstić information content (AvgIpc) is 2.91. The first-order chi connectivity index (χ1) is 9.31. The van der Waals surface area contributed by atoms with E-state index < -0.39 is 0 Å². The van der Waals surface area contributed by atoms with Crippen molar-refractivity contribution in [3.05, 3.63) is 44.1 Å². The van der Waals surface area contributed by atoms with Crippen LogP contribution in [0.15, 0.2) is 30.3 Å². The fourth-order valence-electron chi connectivity index (χ4n) is 1.53. The first-order valence-corrected chi connectivity index (χ1v) is 10.3. The summed E-state index contributed by atoms with van der Waals surface area (Å²) in [7, 11) is 0. The fraction of sp³-hybridized carbons (Fsp3) is 0.182. The number of furan rings is 2. The van der Waals surface area contributed by atoms with Crippen LogP contribution in [0, 0.1) is 0 Å². The molecule has 0 bridgehead atoms. The SMILES string of the molecule is O=C(c1oc(Br)cc1C(Br)Br)c1oc(Br)cc1C(Br)Br. The molecule has 0 spiro atoms. The van der Waals surface area contributed by atoms with Crippen LogP contribution in [-0.2, 0) is 0 Å². The maximum Gasteiger partial charge on any atom is 0.264 e. The molecular weight excluding hydrogens is 660 g/mol. The second kappa shape index (κ2) is 7.12. The van der Waals surface area contributed by atoms with Crippen LogP contribution >= 0.6 is 95.6 Å². The summed E-state index contributed by atoms with van der Waals surface area (Å²) in [5.74, 6) is 0.0814. The Morgan fingerprint density at radius 3 is 1.50 bits per heavy atom. The van der Waals surface area contributed by atoms with Gasteiger partial charge in [-0.1, -0.05) is 63.7 Å². The predicted octanol–water partition coefficient (Wildman–Crippen LogP) is 7.21. The maximum atomic E-state index is 12.6. The molecule has 0 aliphatic carbocycles. The van der Waals surface area contributed by atoms with Crippen molar-refractivity contribution in [2.45, 2.75) is 7.47 Å². The number of rotatable bonds is 4. The molecule has 9 heteroatoms. The van der Waals surface area contributed by atoms with E-state index in [-0.39, 0.29) is 24.8 Å². The lowest BCUT2D eigenvalue weighted by Gasteiger charge is -2.03. The van der Waals surface area contributed by atoms with Gasteiger partial charge in [-0.05, 0) is 44.0 Å². The van der Waals surface area contributed by atoms with E-state index in [0.717, 1.165) is 0 Å². The molecule has 0 atom stereocenters. The van der Waals surface area contributed by atoms with Gasteiger partial charge in [0.15, 0.2) is 20.9 Å². The number of ketones is 1. The summed E-state index contributed by atoms with van der Waals surface area (Å²) in [6, 6.07) is 3.44. The lowest BCUT2D eigenvalue weighted by molar-refractivity contribution is 0.0979. The molecule has 2 heterocycles. The highest BCUT2D eigenvalue weighted by Crippen LogP contribution is 2.40. The molecule has 0 fully saturated rings. The number of carbonyl (C=O) groups excluding carboxylic acids is 1. The molecule has 3 nitrogen and oxygen atoms in total. The highest BCUT2D eigenvalue weighted by molar-refractivity contribution is 9.24. The highest BCUT2D eigenvalue weighted by Gasteiger charge is 2.29. The summed E-state index contributed by atoms with van der Waals surface area (Å²) in [5.41, 5.74) is 1.36. The normalized spacial score (nSPS) is 11.6. The molecule has 0 unspecified atom stereocenters. The molecule has 0 aliphatic heterocycles. The van der Waals surface area contributed by atoms with Crippen molar-refractivity contribution < 1.29 is 13.6 Å². The van der Waals surface area contributed by atoms with E-state index in [4.69, 9.17) is 8.83 Å². The number of hydrogen-bond donors (Lipinski definition) is 0. The summed E-state index contributed by atoms with van der Waals surface area (Å²) in [4.78, 5) is 12.6. The van der Waals surface area contributed by atoms with Crippen LogP contribution in [0.1, 0.15) is 34.9 Å². The van der Waals surface area contributed by atoms with Gasteiger partial charge in [-0.15, -0.1) is 0 Å². The molecule has 2 aromatic rings. The number of halogens is 6. The van der Waals surface area contributed by atoms with Gasteiger partial charge in [-0.3, -0.25) is 4.79 Å². The highest BCUT2D eigenvalue weighted by atomic mass is 79.9. The Hall–Kier alpha value is 1.11. The molecule has 20 heavy (non-hydrogen) atoms. The van der Waals surface area contributed by atoms with Crippen molar-refractivity contribution in [2.24, 2.45) is 0 Å². The van der Waals surface area contributed by atoms with Gasteiger partial charge in [0.1, 0.15) is 0 Å². The Kier molecular flexibility index (Phi) is 6.22. The summed E-state index contributed by atoms with van der Waals surface area (Å²) in [6.45, 7) is 0. The molecule has 2 aromatic heterocycles. The Balaban J connectivity index is 2.52. The van der Waals surface area contributed by atoms with E-state index in [1.54, 1.807) is 12.1 Å². The van der Waals surface area contributed by atoms with Gasteiger partial charge in [-0.2, -0.15) is 0 Å². The first kappa shape index (κ1) is 17.5. The molecule has 0 saturated carbocycles. The van der Waals surface area contributed by atoms with Crippen LogP contribution in [-0.4, -0.2) is 5.78 Å². The van der Waals surface area contributed by atoms with E-state index in [2.05, 4.69) is 95.6 Å². The van der Waals surface area contributed by atoms with Gasteiger partial charge in [0.25, 0.3) is 5.78 Å². The van der Waals surface area contributed by atoms with Gasteiger partial charge in [-0.25, -0.2) is 0 Å². The van der Waals surface area contributed by atoms with Crippen LogP contribution < -0.4 is 0 Å². The number of hydrogen-bond acceptors (Lipinski definition) is 3. The Labute approximate surface area is 165 Å². The topological polar surface area (TPSA) is 43.4 Å². The molecule has 0 N–H and O–H groups in total. The van der Waals surface area contributed by atoms with E-state index >= 15 is 0 Å². The van der Waals surface area contributed by atoms with Gasteiger partial charge in [0, 0.05) is 11.1 Å². The van der Waals surface area contributed by atoms with Crippen LogP contribution in [0.3, 0.4) is 0 Å². The standard InChI is InChI=1S/C11H4Br6O3/c12-5-1-3(10(14)15)8(19-5)7(18)9-4(11(16)17)2-6(13)20-9/h1-2,10-11H. The third-order valence-corrected chi connectivity index (χ3v) is 5.10. The van der Waals surface area contributed by atoms with E-state index in [1.165, 1.54) is 0 Å². The monoisotopic (exact) mass is 658 g/mol. The van der Waals surface area contributed by atoms with Crippen molar-refractivity contribution in [2.75, 3.05) is 0 Å². The van der Waals surface area contributed by atoms with Crippen molar-refractivity contribution in [1.29, 1.82) is 0 Å². The van der Waals surface area contributed by atoms with Crippen molar-refractivity contribution in [1.82, 2.24) is 0 Å². The summed E-state index contributed by atoms with van der Waals surface area (Å²) >= 11 is 19.9. The second-order valence-corrected chi connectivity index (χ2v) is 11.3. The van der Waals surface area contributed by atoms with E-state index in [9.17, 15) is 4.79 Å². The largest absolute Gasteiger partial charge is 0.445 e. The van der Waals surface area contributed by atoms with Crippen LogP contribution in [0.5, 0.6) is 0 Å². The molecule has 0 radical (unpaired) electrons. The quantitative estimate of drug-likeness (QED) is 0.257. The molecule has 0 saturated heterocycles. The molecule has 0 amide bonds. The molecular formula is C11H4Br6O3. The Morgan fingerprint density at radius 2 is 1.20 bits per heavy atom. The van der Waals surface area contributed by atoms with Gasteiger partial charge in [0.05, 0.1) is 7.47 Å². The van der Waals surface area contributed by atoms with Crippen LogP contribution in [0.25, 0.3) is 0 Å². The lowest BCUT2D eigenvalue weighted by atomic mass is 10.1. The minimum Gasteiger partial charge on any atom is -0.445 e. The van der Waals surface area contributed by atoms with Crippen molar-refractivity contribution in [3.8, 4) is 0 Å². The van der Waals surface area contributed by atoms with Crippen LogP contribution in [0.2, 0.25) is 0 Å². The molecule has 2 rings (SSSR count). The van der Waals surface area contributed by atoms with E-state index in [0.29, 0.717) is 20.5 Å². The zero-order valence-corrected chi connectivity index (χ0v) is 18.8. The van der Waals surface area contributed by atoms with Crippen molar-refractivity contribution >= 4 is 101 Å². The van der Waals surface area contributed by atoms with Gasteiger partial charge < -0.3 is 8.83 Å². The zero-order chi connectivity index (χ0) is 15.0. The lowest BCUT2D eigenvalue weighted by Crippen LogP contribution is -2.04. The summed E-state index contributed by atoms with van der Waals surface area (Å²) in [5, 5.41) is 0. The third-order valence-electron chi connectivity index (χ3n) is 2.34. The summed E-state index contributed by atoms with van der Waals surface area (Å²) < 4.78 is 11.4. The first-order valence-electron chi connectivity index (χ1n) is 5.00. The Morgan fingerprint density at radius 1 is 0.850 bits per heavy atom. The maximum absolute atomic E-state index is 12.6. The van der Waals surface area contributed by atoms with Crippen molar-refractivity contribution in [3.63, 3.8) is 0 Å². The second-order valence-electron chi connectivity index (χ2n) is 3.60.